The van der Waals surface area contributed by atoms with Crippen molar-refractivity contribution in [2.45, 2.75) is 63.4 Å². The van der Waals surface area contributed by atoms with Gasteiger partial charge in [0.05, 0.1) is 15.8 Å². The lowest BCUT2D eigenvalue weighted by atomic mass is 10.1. The average molecular weight is 511 g/mol. The number of benzene rings is 2. The zero-order valence-electron chi connectivity index (χ0n) is 18.7. The number of amides is 2. The Balaban J connectivity index is 1.73. The molecule has 0 bridgehead atoms. The zero-order valence-corrected chi connectivity index (χ0v) is 21.0. The molecule has 178 valence electrons. The lowest BCUT2D eigenvalue weighted by Crippen LogP contribution is -2.51. The summed E-state index contributed by atoms with van der Waals surface area (Å²) in [7, 11) is 0. The number of halogens is 3. The molecule has 1 aliphatic rings. The number of nitrogens with one attached hydrogen (secondary N) is 1. The Morgan fingerprint density at radius 1 is 1.15 bits per heavy atom. The SMILES string of the molecule is CC[C@H](C(=O)NC1CCCC1)N(Cc1ccc(Cl)c(Cl)c1)C(=O)CSCc1ccccc1F. The van der Waals surface area contributed by atoms with Gasteiger partial charge in [0.2, 0.25) is 11.8 Å². The van der Waals surface area contributed by atoms with Gasteiger partial charge in [-0.1, -0.05) is 67.2 Å². The standard InChI is InChI=1S/C25H29Cl2FN2O2S/c1-2-23(25(32)29-19-8-4-5-9-19)30(14-17-11-12-20(26)21(27)13-17)24(31)16-33-15-18-7-3-6-10-22(18)28/h3,6-7,10-13,19,23H,2,4-5,8-9,14-16H2,1H3,(H,29,32)/t23-/m1/s1. The molecule has 0 spiro atoms. The Morgan fingerprint density at radius 3 is 2.55 bits per heavy atom. The average Bonchev–Trinajstić information content (AvgIpc) is 3.30. The summed E-state index contributed by atoms with van der Waals surface area (Å²) in [6.07, 6.45) is 4.66. The Kier molecular flexibility index (Phi) is 9.90. The van der Waals surface area contributed by atoms with Crippen LogP contribution in [0.3, 0.4) is 0 Å². The van der Waals surface area contributed by atoms with Crippen LogP contribution in [0.25, 0.3) is 0 Å². The van der Waals surface area contributed by atoms with E-state index in [1.165, 1.54) is 17.8 Å². The van der Waals surface area contributed by atoms with E-state index < -0.39 is 6.04 Å². The van der Waals surface area contributed by atoms with E-state index >= 15 is 0 Å². The van der Waals surface area contributed by atoms with E-state index in [4.69, 9.17) is 23.2 Å². The fourth-order valence-corrected chi connectivity index (χ4v) is 5.29. The van der Waals surface area contributed by atoms with E-state index in [1.807, 2.05) is 13.0 Å². The summed E-state index contributed by atoms with van der Waals surface area (Å²) in [6.45, 7) is 2.15. The number of nitrogens with zero attached hydrogens (tertiary/aromatic N) is 1. The highest BCUT2D eigenvalue weighted by Gasteiger charge is 2.30. The van der Waals surface area contributed by atoms with Crippen LogP contribution < -0.4 is 5.32 Å². The van der Waals surface area contributed by atoms with E-state index in [2.05, 4.69) is 5.32 Å². The van der Waals surface area contributed by atoms with Crippen molar-refractivity contribution in [1.29, 1.82) is 0 Å². The number of rotatable bonds is 10. The lowest BCUT2D eigenvalue weighted by Gasteiger charge is -2.31. The molecule has 2 aromatic carbocycles. The highest BCUT2D eigenvalue weighted by atomic mass is 35.5. The zero-order chi connectivity index (χ0) is 23.8. The van der Waals surface area contributed by atoms with Gasteiger partial charge in [0.1, 0.15) is 11.9 Å². The highest BCUT2D eigenvalue weighted by Crippen LogP contribution is 2.25. The molecule has 0 heterocycles. The van der Waals surface area contributed by atoms with Crippen molar-refractivity contribution in [1.82, 2.24) is 10.2 Å². The molecule has 1 saturated carbocycles. The maximum absolute atomic E-state index is 13.9. The van der Waals surface area contributed by atoms with Crippen LogP contribution in [0.1, 0.15) is 50.2 Å². The van der Waals surface area contributed by atoms with Gasteiger partial charge in [0.15, 0.2) is 0 Å². The van der Waals surface area contributed by atoms with E-state index in [-0.39, 0.29) is 36.0 Å². The molecule has 0 saturated heterocycles. The molecule has 4 nitrogen and oxygen atoms in total. The highest BCUT2D eigenvalue weighted by molar-refractivity contribution is 7.99. The normalized spacial score (nSPS) is 14.8. The van der Waals surface area contributed by atoms with Gasteiger partial charge in [0, 0.05) is 18.3 Å². The minimum Gasteiger partial charge on any atom is -0.352 e. The molecular formula is C25H29Cl2FN2O2S. The van der Waals surface area contributed by atoms with Gasteiger partial charge in [-0.05, 0) is 48.6 Å². The second kappa shape index (κ2) is 12.6. The van der Waals surface area contributed by atoms with Crippen LogP contribution in [0.15, 0.2) is 42.5 Å². The van der Waals surface area contributed by atoms with Crippen LogP contribution in [-0.2, 0) is 21.9 Å². The minimum absolute atomic E-state index is 0.128. The molecule has 8 heteroatoms. The molecule has 0 aliphatic heterocycles. The minimum atomic E-state index is -0.596. The van der Waals surface area contributed by atoms with Crippen molar-refractivity contribution in [3.8, 4) is 0 Å². The first-order chi connectivity index (χ1) is 15.9. The summed E-state index contributed by atoms with van der Waals surface area (Å²) in [5.74, 6) is -0.0623. The number of carbonyl (C=O) groups excluding carboxylic acids is 2. The maximum Gasteiger partial charge on any atom is 0.243 e. The van der Waals surface area contributed by atoms with E-state index in [9.17, 15) is 14.0 Å². The molecule has 1 aliphatic carbocycles. The molecule has 0 aromatic heterocycles. The van der Waals surface area contributed by atoms with Crippen molar-refractivity contribution in [2.75, 3.05) is 5.75 Å². The first-order valence-electron chi connectivity index (χ1n) is 11.2. The predicted octanol–water partition coefficient (Wildman–Crippen LogP) is 6.23. The molecule has 1 atom stereocenters. The van der Waals surface area contributed by atoms with Crippen LogP contribution in [0.2, 0.25) is 10.0 Å². The van der Waals surface area contributed by atoms with Crippen LogP contribution in [0.4, 0.5) is 4.39 Å². The summed E-state index contributed by atoms with van der Waals surface area (Å²) < 4.78 is 13.9. The monoisotopic (exact) mass is 510 g/mol. The molecule has 2 aromatic rings. The third kappa shape index (κ3) is 7.36. The maximum atomic E-state index is 13.9. The Bertz CT molecular complexity index is 969. The molecule has 0 radical (unpaired) electrons. The van der Waals surface area contributed by atoms with Crippen molar-refractivity contribution in [3.05, 3.63) is 69.5 Å². The quantitative estimate of drug-likeness (QED) is 0.411. The first-order valence-corrected chi connectivity index (χ1v) is 13.1. The smallest absolute Gasteiger partial charge is 0.243 e. The first kappa shape index (κ1) is 25.9. The summed E-state index contributed by atoms with van der Waals surface area (Å²) in [5.41, 5.74) is 1.35. The molecule has 33 heavy (non-hydrogen) atoms. The Labute approximate surface area is 209 Å². The topological polar surface area (TPSA) is 49.4 Å². The third-order valence-electron chi connectivity index (χ3n) is 5.87. The summed E-state index contributed by atoms with van der Waals surface area (Å²) >= 11 is 13.6. The van der Waals surface area contributed by atoms with E-state index in [1.54, 1.807) is 35.2 Å². The molecule has 1 N–H and O–H groups in total. The van der Waals surface area contributed by atoms with E-state index in [0.29, 0.717) is 27.8 Å². The van der Waals surface area contributed by atoms with Crippen molar-refractivity contribution >= 4 is 46.8 Å². The second-order valence-electron chi connectivity index (χ2n) is 8.27. The molecule has 3 rings (SSSR count). The predicted molar refractivity (Wildman–Crippen MR) is 134 cm³/mol. The van der Waals surface area contributed by atoms with Crippen LogP contribution >= 0.6 is 35.0 Å². The molecule has 2 amide bonds. The number of thioether (sulfide) groups is 1. The van der Waals surface area contributed by atoms with Crippen LogP contribution in [-0.4, -0.2) is 34.6 Å². The summed E-state index contributed by atoms with van der Waals surface area (Å²) in [5, 5.41) is 3.96. The van der Waals surface area contributed by atoms with Gasteiger partial charge >= 0.3 is 0 Å². The Morgan fingerprint density at radius 2 is 1.88 bits per heavy atom. The van der Waals surface area contributed by atoms with Gasteiger partial charge in [-0.25, -0.2) is 4.39 Å². The number of carbonyl (C=O) groups is 2. The Hall–Kier alpha value is -1.76. The van der Waals surface area contributed by atoms with Crippen LogP contribution in [0.5, 0.6) is 0 Å². The fraction of sp³-hybridized carbons (Fsp3) is 0.440. The van der Waals surface area contributed by atoms with Gasteiger partial charge in [-0.3, -0.25) is 9.59 Å². The molecule has 1 fully saturated rings. The van der Waals surface area contributed by atoms with Crippen molar-refractivity contribution < 1.29 is 14.0 Å². The fourth-order valence-electron chi connectivity index (χ4n) is 4.07. The molecule has 0 unspecified atom stereocenters. The van der Waals surface area contributed by atoms with E-state index in [0.717, 1.165) is 31.2 Å². The van der Waals surface area contributed by atoms with Gasteiger partial charge in [0.25, 0.3) is 0 Å². The molecular weight excluding hydrogens is 482 g/mol. The van der Waals surface area contributed by atoms with Gasteiger partial charge in [-0.2, -0.15) is 0 Å². The summed E-state index contributed by atoms with van der Waals surface area (Å²) in [4.78, 5) is 28.0. The van der Waals surface area contributed by atoms with Crippen LogP contribution in [0, 0.1) is 5.82 Å². The third-order valence-corrected chi connectivity index (χ3v) is 7.57. The lowest BCUT2D eigenvalue weighted by molar-refractivity contribution is -0.139. The van der Waals surface area contributed by atoms with Gasteiger partial charge < -0.3 is 10.2 Å². The largest absolute Gasteiger partial charge is 0.352 e. The second-order valence-corrected chi connectivity index (χ2v) is 10.1. The van der Waals surface area contributed by atoms with Crippen molar-refractivity contribution in [3.63, 3.8) is 0 Å². The summed E-state index contributed by atoms with van der Waals surface area (Å²) in [6, 6.07) is 11.3. The number of hydrogen-bond donors (Lipinski definition) is 1. The van der Waals surface area contributed by atoms with Gasteiger partial charge in [-0.15, -0.1) is 11.8 Å². The van der Waals surface area contributed by atoms with Crippen molar-refractivity contribution in [2.24, 2.45) is 0 Å². The number of hydrogen-bond acceptors (Lipinski definition) is 3.